The van der Waals surface area contributed by atoms with Crippen LogP contribution in [0.4, 0.5) is 0 Å². The largest absolute Gasteiger partial charge is 0.485 e. The molecule has 2 atom stereocenters. The molecule has 1 aliphatic heterocycles. The van der Waals surface area contributed by atoms with E-state index in [0.717, 1.165) is 5.76 Å². The molecule has 1 amide bonds. The molecule has 0 fully saturated rings. The summed E-state index contributed by atoms with van der Waals surface area (Å²) in [4.78, 5) is 12.2. The van der Waals surface area contributed by atoms with Crippen molar-refractivity contribution in [3.05, 3.63) is 48.4 Å². The van der Waals surface area contributed by atoms with Gasteiger partial charge in [-0.3, -0.25) is 4.79 Å². The zero-order valence-electron chi connectivity index (χ0n) is 11.7. The van der Waals surface area contributed by atoms with Gasteiger partial charge in [-0.15, -0.1) is 0 Å². The second kappa shape index (κ2) is 5.91. The summed E-state index contributed by atoms with van der Waals surface area (Å²) in [6.45, 7) is 2.15. The highest BCUT2D eigenvalue weighted by Crippen LogP contribution is 2.30. The third-order valence-electron chi connectivity index (χ3n) is 3.28. The Kier molecular flexibility index (Phi) is 3.81. The molecule has 3 rings (SSSR count). The number of hydrogen-bond donors (Lipinski definition) is 1. The fourth-order valence-electron chi connectivity index (χ4n) is 2.27. The molecular formula is C16H17NO4. The molecule has 0 saturated heterocycles. The van der Waals surface area contributed by atoms with Gasteiger partial charge in [-0.05, 0) is 31.2 Å². The van der Waals surface area contributed by atoms with Crippen LogP contribution in [0.25, 0.3) is 0 Å². The summed E-state index contributed by atoms with van der Waals surface area (Å²) in [6, 6.07) is 11.0. The molecule has 0 bridgehead atoms. The molecule has 1 aromatic carbocycles. The summed E-state index contributed by atoms with van der Waals surface area (Å²) in [5.74, 6) is 1.94. The normalized spacial score (nSPS) is 18.0. The molecule has 5 nitrogen and oxygen atoms in total. The van der Waals surface area contributed by atoms with Crippen LogP contribution in [0.15, 0.2) is 47.1 Å². The molecule has 5 heteroatoms. The summed E-state index contributed by atoms with van der Waals surface area (Å²) >= 11 is 0. The highest BCUT2D eigenvalue weighted by molar-refractivity contribution is 5.82. The summed E-state index contributed by atoms with van der Waals surface area (Å²) in [5, 5.41) is 2.91. The monoisotopic (exact) mass is 287 g/mol. The quantitative estimate of drug-likeness (QED) is 0.936. The second-order valence-corrected chi connectivity index (χ2v) is 5.06. The molecule has 0 spiro atoms. The van der Waals surface area contributed by atoms with Crippen molar-refractivity contribution in [2.75, 3.05) is 6.61 Å². The molecule has 0 aliphatic carbocycles. The van der Waals surface area contributed by atoms with E-state index < -0.39 is 6.10 Å². The van der Waals surface area contributed by atoms with E-state index in [0.29, 0.717) is 17.9 Å². The third kappa shape index (κ3) is 3.18. The Bertz CT molecular complexity index is 608. The lowest BCUT2D eigenvalue weighted by Crippen LogP contribution is -2.47. The van der Waals surface area contributed by atoms with Crippen LogP contribution in [0.2, 0.25) is 0 Å². The van der Waals surface area contributed by atoms with Gasteiger partial charge in [0.2, 0.25) is 6.10 Å². The van der Waals surface area contributed by atoms with E-state index in [4.69, 9.17) is 13.9 Å². The zero-order valence-corrected chi connectivity index (χ0v) is 11.7. The van der Waals surface area contributed by atoms with Gasteiger partial charge in [-0.2, -0.15) is 0 Å². The standard InChI is InChI=1S/C16H17NO4/c1-11(9-12-5-4-8-19-12)17-16(18)15-10-20-13-6-2-3-7-14(13)21-15/h2-8,11,15H,9-10H2,1H3,(H,17,18). The highest BCUT2D eigenvalue weighted by atomic mass is 16.6. The van der Waals surface area contributed by atoms with Crippen molar-refractivity contribution in [2.45, 2.75) is 25.5 Å². The van der Waals surface area contributed by atoms with Crippen molar-refractivity contribution in [2.24, 2.45) is 0 Å². The molecule has 21 heavy (non-hydrogen) atoms. The molecule has 2 unspecified atom stereocenters. The topological polar surface area (TPSA) is 60.7 Å². The van der Waals surface area contributed by atoms with Crippen molar-refractivity contribution in [3.63, 3.8) is 0 Å². The zero-order chi connectivity index (χ0) is 14.7. The Labute approximate surface area is 122 Å². The minimum atomic E-state index is -0.626. The van der Waals surface area contributed by atoms with Gasteiger partial charge in [0, 0.05) is 12.5 Å². The number of fused-ring (bicyclic) bond motifs is 1. The van der Waals surface area contributed by atoms with Gasteiger partial charge < -0.3 is 19.2 Å². The van der Waals surface area contributed by atoms with Crippen LogP contribution in [0.3, 0.4) is 0 Å². The Morgan fingerprint density at radius 1 is 1.29 bits per heavy atom. The molecular weight excluding hydrogens is 270 g/mol. The van der Waals surface area contributed by atoms with Crippen LogP contribution in [0.1, 0.15) is 12.7 Å². The maximum atomic E-state index is 12.2. The molecule has 1 N–H and O–H groups in total. The van der Waals surface area contributed by atoms with Gasteiger partial charge in [0.15, 0.2) is 11.5 Å². The Morgan fingerprint density at radius 3 is 2.86 bits per heavy atom. The first-order valence-corrected chi connectivity index (χ1v) is 6.93. The minimum Gasteiger partial charge on any atom is -0.485 e. The van der Waals surface area contributed by atoms with E-state index in [1.165, 1.54) is 0 Å². The molecule has 2 heterocycles. The molecule has 110 valence electrons. The number of rotatable bonds is 4. The first-order valence-electron chi connectivity index (χ1n) is 6.93. The van der Waals surface area contributed by atoms with E-state index in [1.54, 1.807) is 12.3 Å². The fraction of sp³-hybridized carbons (Fsp3) is 0.312. The van der Waals surface area contributed by atoms with Crippen LogP contribution in [-0.4, -0.2) is 24.7 Å². The summed E-state index contributed by atoms with van der Waals surface area (Å²) in [5.41, 5.74) is 0. The van der Waals surface area contributed by atoms with Crippen LogP contribution >= 0.6 is 0 Å². The van der Waals surface area contributed by atoms with E-state index in [1.807, 2.05) is 37.3 Å². The van der Waals surface area contributed by atoms with E-state index in [2.05, 4.69) is 5.32 Å². The summed E-state index contributed by atoms with van der Waals surface area (Å²) in [6.07, 6.45) is 1.64. The smallest absolute Gasteiger partial charge is 0.264 e. The van der Waals surface area contributed by atoms with E-state index >= 15 is 0 Å². The lowest BCUT2D eigenvalue weighted by atomic mass is 10.2. The number of benzene rings is 1. The van der Waals surface area contributed by atoms with Crippen molar-refractivity contribution < 1.29 is 18.7 Å². The number of amides is 1. The van der Waals surface area contributed by atoms with Gasteiger partial charge in [-0.1, -0.05) is 12.1 Å². The fourth-order valence-corrected chi connectivity index (χ4v) is 2.27. The molecule has 1 aromatic heterocycles. The van der Waals surface area contributed by atoms with E-state index in [9.17, 15) is 4.79 Å². The SMILES string of the molecule is CC(Cc1ccco1)NC(=O)C1COc2ccccc2O1. The first-order chi connectivity index (χ1) is 10.2. The second-order valence-electron chi connectivity index (χ2n) is 5.06. The van der Waals surface area contributed by atoms with Gasteiger partial charge in [-0.25, -0.2) is 0 Å². The maximum Gasteiger partial charge on any atom is 0.264 e. The van der Waals surface area contributed by atoms with Crippen molar-refractivity contribution >= 4 is 5.91 Å². The third-order valence-corrected chi connectivity index (χ3v) is 3.28. The van der Waals surface area contributed by atoms with Crippen LogP contribution in [0.5, 0.6) is 11.5 Å². The van der Waals surface area contributed by atoms with Gasteiger partial charge in [0.1, 0.15) is 12.4 Å². The Hall–Kier alpha value is -2.43. The predicted octanol–water partition coefficient (Wildman–Crippen LogP) is 2.17. The van der Waals surface area contributed by atoms with Crippen molar-refractivity contribution in [3.8, 4) is 11.5 Å². The molecule has 2 aromatic rings. The maximum absolute atomic E-state index is 12.2. The minimum absolute atomic E-state index is 0.0376. The Balaban J connectivity index is 1.56. The van der Waals surface area contributed by atoms with Crippen molar-refractivity contribution in [1.29, 1.82) is 0 Å². The van der Waals surface area contributed by atoms with Crippen LogP contribution in [0, 0.1) is 0 Å². The van der Waals surface area contributed by atoms with Crippen molar-refractivity contribution in [1.82, 2.24) is 5.32 Å². The van der Waals surface area contributed by atoms with Gasteiger partial charge in [0.25, 0.3) is 5.91 Å². The molecule has 0 saturated carbocycles. The average Bonchev–Trinajstić information content (AvgIpc) is 2.99. The van der Waals surface area contributed by atoms with E-state index in [-0.39, 0.29) is 18.6 Å². The summed E-state index contributed by atoms with van der Waals surface area (Å²) < 4.78 is 16.5. The van der Waals surface area contributed by atoms with Crippen LogP contribution < -0.4 is 14.8 Å². The van der Waals surface area contributed by atoms with Gasteiger partial charge in [0.05, 0.1) is 6.26 Å². The van der Waals surface area contributed by atoms with Gasteiger partial charge >= 0.3 is 0 Å². The lowest BCUT2D eigenvalue weighted by Gasteiger charge is -2.26. The average molecular weight is 287 g/mol. The number of carbonyl (C=O) groups is 1. The number of ether oxygens (including phenoxy) is 2. The predicted molar refractivity (Wildman–Crippen MR) is 76.4 cm³/mol. The number of hydrogen-bond acceptors (Lipinski definition) is 4. The summed E-state index contributed by atoms with van der Waals surface area (Å²) in [7, 11) is 0. The lowest BCUT2D eigenvalue weighted by molar-refractivity contribution is -0.131. The molecule has 0 radical (unpaired) electrons. The Morgan fingerprint density at radius 2 is 2.10 bits per heavy atom. The highest BCUT2D eigenvalue weighted by Gasteiger charge is 2.28. The number of nitrogens with one attached hydrogen (secondary N) is 1. The van der Waals surface area contributed by atoms with Crippen LogP contribution in [-0.2, 0) is 11.2 Å². The molecule has 1 aliphatic rings. The number of furan rings is 1. The first kappa shape index (κ1) is 13.5. The number of carbonyl (C=O) groups excluding carboxylic acids is 1. The number of para-hydroxylation sites is 2.